The van der Waals surface area contributed by atoms with E-state index in [1.807, 2.05) is 18.4 Å². The Morgan fingerprint density at radius 2 is 1.80 bits per heavy atom. The lowest BCUT2D eigenvalue weighted by molar-refractivity contribution is 0.104. The zero-order chi connectivity index (χ0) is 14.8. The third-order valence-electron chi connectivity index (χ3n) is 2.85. The van der Waals surface area contributed by atoms with E-state index in [4.69, 9.17) is 0 Å². The number of aryl methyl sites for hydroxylation is 1. The summed E-state index contributed by atoms with van der Waals surface area (Å²) < 4.78 is 22.7. The molecule has 104 valence electrons. The number of benzene rings is 1. The zero-order valence-corrected chi connectivity index (χ0v) is 12.8. The third-order valence-corrected chi connectivity index (χ3v) is 4.97. The van der Waals surface area contributed by atoms with Gasteiger partial charge in [0.25, 0.3) is 0 Å². The van der Waals surface area contributed by atoms with Gasteiger partial charge in [-0.25, -0.2) is 8.42 Å². The Morgan fingerprint density at radius 1 is 1.15 bits per heavy atom. The van der Waals surface area contributed by atoms with Gasteiger partial charge >= 0.3 is 0 Å². The Morgan fingerprint density at radius 3 is 2.30 bits per heavy atom. The molecule has 0 unspecified atom stereocenters. The first-order valence-corrected chi connectivity index (χ1v) is 8.71. The highest BCUT2D eigenvalue weighted by Crippen LogP contribution is 2.18. The van der Waals surface area contributed by atoms with Crippen LogP contribution in [0.4, 0.5) is 0 Å². The minimum absolute atomic E-state index is 0.141. The average Bonchev–Trinajstić information content (AvgIpc) is 2.81. The molecule has 1 aromatic carbocycles. The summed E-state index contributed by atoms with van der Waals surface area (Å²) in [6.45, 7) is 1.99. The van der Waals surface area contributed by atoms with Crippen molar-refractivity contribution >= 4 is 33.0 Å². The van der Waals surface area contributed by atoms with E-state index in [1.54, 1.807) is 17.4 Å². The Balaban J connectivity index is 2.18. The number of sulfone groups is 1. The van der Waals surface area contributed by atoms with Crippen LogP contribution in [0.2, 0.25) is 0 Å². The molecule has 0 radical (unpaired) electrons. The number of rotatable bonds is 4. The molecule has 20 heavy (non-hydrogen) atoms. The molecule has 0 spiro atoms. The molecule has 0 amide bonds. The largest absolute Gasteiger partial charge is 0.289 e. The summed E-state index contributed by atoms with van der Waals surface area (Å²) in [5, 5.41) is 1.97. The van der Waals surface area contributed by atoms with Crippen molar-refractivity contribution in [1.82, 2.24) is 0 Å². The van der Waals surface area contributed by atoms with Gasteiger partial charge in [0, 0.05) is 16.7 Å². The van der Waals surface area contributed by atoms with E-state index >= 15 is 0 Å². The maximum absolute atomic E-state index is 12.0. The van der Waals surface area contributed by atoms with Crippen molar-refractivity contribution in [3.63, 3.8) is 0 Å². The van der Waals surface area contributed by atoms with E-state index in [9.17, 15) is 13.2 Å². The van der Waals surface area contributed by atoms with E-state index in [2.05, 4.69) is 0 Å². The summed E-state index contributed by atoms with van der Waals surface area (Å²) in [6.07, 6.45) is 4.43. The summed E-state index contributed by atoms with van der Waals surface area (Å²) in [5.41, 5.74) is 1.61. The monoisotopic (exact) mass is 306 g/mol. The first-order chi connectivity index (χ1) is 9.38. The van der Waals surface area contributed by atoms with Crippen LogP contribution in [0.5, 0.6) is 0 Å². The molecule has 0 saturated heterocycles. The van der Waals surface area contributed by atoms with Crippen LogP contribution in [0.3, 0.4) is 0 Å². The highest BCUT2D eigenvalue weighted by molar-refractivity contribution is 7.90. The first-order valence-electron chi connectivity index (χ1n) is 5.94. The van der Waals surface area contributed by atoms with Gasteiger partial charge in [-0.2, -0.15) is 0 Å². The minimum Gasteiger partial charge on any atom is -0.289 e. The second-order valence-corrected chi connectivity index (χ2v) is 7.43. The molecule has 0 N–H and O–H groups in total. The molecule has 3 nitrogen and oxygen atoms in total. The quantitative estimate of drug-likeness (QED) is 0.643. The number of thiophene rings is 1. The third kappa shape index (κ3) is 3.43. The van der Waals surface area contributed by atoms with E-state index in [0.29, 0.717) is 5.56 Å². The Kier molecular flexibility index (Phi) is 4.20. The lowest BCUT2D eigenvalue weighted by Crippen LogP contribution is -1.99. The maximum atomic E-state index is 12.0. The SMILES string of the molecule is Cc1ccsc1/C=C/C(=O)c1ccc(S(C)(=O)=O)cc1. The molecule has 1 heterocycles. The number of hydrogen-bond donors (Lipinski definition) is 0. The first kappa shape index (κ1) is 14.7. The smallest absolute Gasteiger partial charge is 0.185 e. The molecule has 2 aromatic rings. The maximum Gasteiger partial charge on any atom is 0.185 e. The van der Waals surface area contributed by atoms with Crippen molar-refractivity contribution in [3.8, 4) is 0 Å². The van der Waals surface area contributed by atoms with Gasteiger partial charge in [-0.1, -0.05) is 0 Å². The molecule has 0 saturated carbocycles. The van der Waals surface area contributed by atoms with Crippen LogP contribution in [0, 0.1) is 6.92 Å². The normalized spacial score (nSPS) is 11.9. The number of ketones is 1. The molecule has 0 aliphatic carbocycles. The van der Waals surface area contributed by atoms with Crippen LogP contribution < -0.4 is 0 Å². The molecule has 0 bridgehead atoms. The fourth-order valence-corrected chi connectivity index (χ4v) is 3.12. The fourth-order valence-electron chi connectivity index (χ4n) is 1.67. The molecular formula is C15H14O3S2. The van der Waals surface area contributed by atoms with Crippen LogP contribution in [0.1, 0.15) is 20.8 Å². The van der Waals surface area contributed by atoms with Gasteiger partial charge in [0.2, 0.25) is 0 Å². The van der Waals surface area contributed by atoms with Crippen molar-refractivity contribution in [2.75, 3.05) is 6.26 Å². The Hall–Kier alpha value is -1.72. The second-order valence-electron chi connectivity index (χ2n) is 4.46. The summed E-state index contributed by atoms with van der Waals surface area (Å²) in [6, 6.07) is 7.96. The van der Waals surface area contributed by atoms with Crippen molar-refractivity contribution < 1.29 is 13.2 Å². The van der Waals surface area contributed by atoms with Gasteiger partial charge in [-0.3, -0.25) is 4.79 Å². The van der Waals surface area contributed by atoms with Gasteiger partial charge in [0.15, 0.2) is 15.6 Å². The molecule has 0 aliphatic rings. The van der Waals surface area contributed by atoms with Crippen LogP contribution in [0.25, 0.3) is 6.08 Å². The van der Waals surface area contributed by atoms with Gasteiger partial charge < -0.3 is 0 Å². The van der Waals surface area contributed by atoms with Crippen LogP contribution >= 0.6 is 11.3 Å². The fraction of sp³-hybridized carbons (Fsp3) is 0.133. The van der Waals surface area contributed by atoms with E-state index in [0.717, 1.165) is 16.7 Å². The predicted octanol–water partition coefficient (Wildman–Crippen LogP) is 3.36. The van der Waals surface area contributed by atoms with Crippen molar-refractivity contribution in [2.45, 2.75) is 11.8 Å². The highest BCUT2D eigenvalue weighted by Gasteiger charge is 2.08. The number of allylic oxidation sites excluding steroid dienone is 1. The zero-order valence-electron chi connectivity index (χ0n) is 11.2. The van der Waals surface area contributed by atoms with Crippen LogP contribution in [0.15, 0.2) is 46.7 Å². The van der Waals surface area contributed by atoms with E-state index in [-0.39, 0.29) is 10.7 Å². The second kappa shape index (κ2) is 5.73. The number of carbonyl (C=O) groups excluding carboxylic acids is 1. The topological polar surface area (TPSA) is 51.2 Å². The van der Waals surface area contributed by atoms with Crippen molar-refractivity contribution in [1.29, 1.82) is 0 Å². The average molecular weight is 306 g/mol. The predicted molar refractivity (Wildman–Crippen MR) is 82.0 cm³/mol. The summed E-state index contributed by atoms with van der Waals surface area (Å²) in [4.78, 5) is 13.2. The Labute approximate surface area is 122 Å². The minimum atomic E-state index is -3.23. The number of carbonyl (C=O) groups is 1. The lowest BCUT2D eigenvalue weighted by atomic mass is 10.1. The van der Waals surface area contributed by atoms with Gasteiger partial charge in [0.05, 0.1) is 4.90 Å². The molecule has 0 atom stereocenters. The molecule has 1 aromatic heterocycles. The van der Waals surface area contributed by atoms with Crippen molar-refractivity contribution in [2.24, 2.45) is 0 Å². The van der Waals surface area contributed by atoms with E-state index < -0.39 is 9.84 Å². The Bertz CT molecular complexity index is 751. The summed E-state index contributed by atoms with van der Waals surface area (Å²) in [5.74, 6) is -0.141. The molecule has 0 aliphatic heterocycles. The van der Waals surface area contributed by atoms with E-state index in [1.165, 1.54) is 30.3 Å². The molecule has 2 rings (SSSR count). The lowest BCUT2D eigenvalue weighted by Gasteiger charge is -1.99. The van der Waals surface area contributed by atoms with Gasteiger partial charge in [0.1, 0.15) is 0 Å². The van der Waals surface area contributed by atoms with Crippen LogP contribution in [-0.4, -0.2) is 20.5 Å². The highest BCUT2D eigenvalue weighted by atomic mass is 32.2. The van der Waals surface area contributed by atoms with Gasteiger partial charge in [-0.15, -0.1) is 11.3 Å². The number of hydrogen-bond acceptors (Lipinski definition) is 4. The molecular weight excluding hydrogens is 292 g/mol. The molecule has 5 heteroatoms. The molecule has 0 fully saturated rings. The van der Waals surface area contributed by atoms with Crippen LogP contribution in [-0.2, 0) is 9.84 Å². The summed E-state index contributed by atoms with van der Waals surface area (Å²) >= 11 is 1.57. The standard InChI is InChI=1S/C15H14O3S2/c1-11-9-10-19-15(11)8-7-14(16)12-3-5-13(6-4-12)20(2,17)18/h3-10H,1-2H3/b8-7+. The summed E-state index contributed by atoms with van der Waals surface area (Å²) in [7, 11) is -3.23. The van der Waals surface area contributed by atoms with Crippen molar-refractivity contribution in [3.05, 3.63) is 57.8 Å². The van der Waals surface area contributed by atoms with Gasteiger partial charge in [-0.05, 0) is 60.4 Å².